The van der Waals surface area contributed by atoms with Crippen LogP contribution in [-0.4, -0.2) is 62.3 Å². The van der Waals surface area contributed by atoms with Gasteiger partial charge >= 0.3 is 5.97 Å². The van der Waals surface area contributed by atoms with Crippen molar-refractivity contribution in [3.63, 3.8) is 0 Å². The summed E-state index contributed by atoms with van der Waals surface area (Å²) in [5, 5.41) is 2.58. The topological polar surface area (TPSA) is 84.0 Å². The average Bonchev–Trinajstić information content (AvgIpc) is 2.83. The van der Waals surface area contributed by atoms with E-state index >= 15 is 0 Å². The summed E-state index contributed by atoms with van der Waals surface area (Å²) in [6.07, 6.45) is 0.0746. The molecule has 1 heterocycles. The van der Waals surface area contributed by atoms with Crippen LogP contribution in [0.3, 0.4) is 0 Å². The number of esters is 1. The first-order valence-electron chi connectivity index (χ1n) is 10.5. The van der Waals surface area contributed by atoms with Gasteiger partial charge in [-0.25, -0.2) is 8.42 Å². The number of fused-ring (bicyclic) bond motifs is 1. The lowest BCUT2D eigenvalue weighted by Crippen LogP contribution is -2.51. The molecule has 0 aromatic heterocycles. The Morgan fingerprint density at radius 3 is 2.24 bits per heavy atom. The number of carbonyl (C=O) groups is 2. The minimum atomic E-state index is -3.65. The molecule has 33 heavy (non-hydrogen) atoms. The number of piperazine rings is 1. The Morgan fingerprint density at radius 2 is 1.55 bits per heavy atom. The number of carbonyl (C=O) groups excluding carboxylic acids is 2. The number of amides is 1. The van der Waals surface area contributed by atoms with Crippen molar-refractivity contribution in [2.24, 2.45) is 0 Å². The molecule has 9 heteroatoms. The van der Waals surface area contributed by atoms with E-state index in [2.05, 4.69) is 0 Å². The van der Waals surface area contributed by atoms with Crippen molar-refractivity contribution < 1.29 is 22.7 Å². The highest BCUT2D eigenvalue weighted by Gasteiger charge is 2.30. The highest BCUT2D eigenvalue weighted by molar-refractivity contribution is 7.89. The molecule has 1 aliphatic rings. The van der Waals surface area contributed by atoms with E-state index in [0.29, 0.717) is 5.02 Å². The molecular formula is C24H23ClN2O5S. The van der Waals surface area contributed by atoms with Gasteiger partial charge in [0.05, 0.1) is 11.3 Å². The zero-order chi connectivity index (χ0) is 23.4. The van der Waals surface area contributed by atoms with Gasteiger partial charge in [-0.05, 0) is 40.6 Å². The molecule has 0 atom stereocenters. The Bertz CT molecular complexity index is 1270. The van der Waals surface area contributed by atoms with Crippen LogP contribution in [0.15, 0.2) is 71.6 Å². The second-order valence-corrected chi connectivity index (χ2v) is 10.1. The minimum absolute atomic E-state index is 0.0746. The van der Waals surface area contributed by atoms with Crippen LogP contribution in [0.4, 0.5) is 0 Å². The highest BCUT2D eigenvalue weighted by atomic mass is 35.5. The molecule has 172 valence electrons. The SMILES string of the molecule is O=C(Cc1ccc2ccccc2c1)OCC(=O)N1CCN(S(=O)(=O)c2ccc(Cl)cc2)CC1. The van der Waals surface area contributed by atoms with Crippen LogP contribution in [0.5, 0.6) is 0 Å². The Hall–Kier alpha value is -2.94. The third kappa shape index (κ3) is 5.52. The van der Waals surface area contributed by atoms with Gasteiger partial charge in [0.25, 0.3) is 5.91 Å². The molecule has 0 bridgehead atoms. The number of rotatable bonds is 6. The van der Waals surface area contributed by atoms with Gasteiger partial charge < -0.3 is 9.64 Å². The number of hydrogen-bond donors (Lipinski definition) is 0. The van der Waals surface area contributed by atoms with Gasteiger partial charge in [0.1, 0.15) is 0 Å². The normalized spacial score (nSPS) is 14.9. The molecule has 4 rings (SSSR count). The van der Waals surface area contributed by atoms with Gasteiger partial charge in [-0.15, -0.1) is 0 Å². The summed E-state index contributed by atoms with van der Waals surface area (Å²) in [5.41, 5.74) is 0.812. The minimum Gasteiger partial charge on any atom is -0.455 e. The molecule has 0 spiro atoms. The van der Waals surface area contributed by atoms with Gasteiger partial charge in [-0.1, -0.05) is 54.1 Å². The largest absolute Gasteiger partial charge is 0.455 e. The van der Waals surface area contributed by atoms with E-state index in [9.17, 15) is 18.0 Å². The first-order chi connectivity index (χ1) is 15.8. The van der Waals surface area contributed by atoms with E-state index in [1.165, 1.54) is 33.5 Å². The van der Waals surface area contributed by atoms with Crippen molar-refractivity contribution in [1.29, 1.82) is 0 Å². The van der Waals surface area contributed by atoms with E-state index < -0.39 is 16.0 Å². The van der Waals surface area contributed by atoms with Crippen LogP contribution < -0.4 is 0 Å². The number of hydrogen-bond acceptors (Lipinski definition) is 5. The summed E-state index contributed by atoms with van der Waals surface area (Å²) in [7, 11) is -3.65. The predicted molar refractivity (Wildman–Crippen MR) is 125 cm³/mol. The fraction of sp³-hybridized carbons (Fsp3) is 0.250. The maximum absolute atomic E-state index is 12.8. The number of benzene rings is 3. The third-order valence-electron chi connectivity index (χ3n) is 5.56. The van der Waals surface area contributed by atoms with Gasteiger partial charge in [-0.3, -0.25) is 9.59 Å². The lowest BCUT2D eigenvalue weighted by Gasteiger charge is -2.33. The fourth-order valence-electron chi connectivity index (χ4n) is 3.73. The third-order valence-corrected chi connectivity index (χ3v) is 7.73. The van der Waals surface area contributed by atoms with Crippen molar-refractivity contribution in [1.82, 2.24) is 9.21 Å². The zero-order valence-electron chi connectivity index (χ0n) is 17.8. The first-order valence-corrected chi connectivity index (χ1v) is 12.3. The molecular weight excluding hydrogens is 464 g/mol. The molecule has 0 saturated carbocycles. The van der Waals surface area contributed by atoms with E-state index in [4.69, 9.17) is 16.3 Å². The first kappa shape index (κ1) is 23.2. The second-order valence-electron chi connectivity index (χ2n) is 7.76. The van der Waals surface area contributed by atoms with Crippen molar-refractivity contribution in [3.8, 4) is 0 Å². The van der Waals surface area contributed by atoms with E-state index in [1.807, 2.05) is 42.5 Å². The van der Waals surface area contributed by atoms with Crippen LogP contribution >= 0.6 is 11.6 Å². The van der Waals surface area contributed by atoms with Gasteiger partial charge in [-0.2, -0.15) is 4.31 Å². The standard InChI is InChI=1S/C24H23ClN2O5S/c25-21-7-9-22(10-8-21)33(30,31)27-13-11-26(12-14-27)23(28)17-32-24(29)16-18-5-6-19-3-1-2-4-20(19)15-18/h1-10,15H,11-14,16-17H2. The van der Waals surface area contributed by atoms with E-state index in [1.54, 1.807) is 0 Å². The number of halogens is 1. The number of sulfonamides is 1. The Balaban J connectivity index is 1.26. The lowest BCUT2D eigenvalue weighted by molar-refractivity contribution is -0.152. The molecule has 1 aliphatic heterocycles. The van der Waals surface area contributed by atoms with Gasteiger partial charge in [0, 0.05) is 31.2 Å². The molecule has 0 unspecified atom stereocenters. The molecule has 0 radical (unpaired) electrons. The number of nitrogens with zero attached hydrogens (tertiary/aromatic N) is 2. The van der Waals surface area contributed by atoms with Crippen LogP contribution in [0, 0.1) is 0 Å². The predicted octanol–water partition coefficient (Wildman–Crippen LogP) is 3.11. The van der Waals surface area contributed by atoms with Gasteiger partial charge in [0.15, 0.2) is 6.61 Å². The van der Waals surface area contributed by atoms with Crippen LogP contribution in [0.1, 0.15) is 5.56 Å². The molecule has 1 amide bonds. The van der Waals surface area contributed by atoms with Crippen LogP contribution in [-0.2, 0) is 30.8 Å². The molecule has 3 aromatic rings. The molecule has 3 aromatic carbocycles. The highest BCUT2D eigenvalue weighted by Crippen LogP contribution is 2.20. The summed E-state index contributed by atoms with van der Waals surface area (Å²) in [6, 6.07) is 19.6. The van der Waals surface area contributed by atoms with Crippen molar-refractivity contribution in [3.05, 3.63) is 77.3 Å². The maximum Gasteiger partial charge on any atom is 0.310 e. The summed E-state index contributed by atoms with van der Waals surface area (Å²) >= 11 is 5.83. The van der Waals surface area contributed by atoms with Crippen LogP contribution in [0.25, 0.3) is 10.8 Å². The van der Waals surface area contributed by atoms with Crippen molar-refractivity contribution in [2.75, 3.05) is 32.8 Å². The molecule has 7 nitrogen and oxygen atoms in total. The Morgan fingerprint density at radius 1 is 0.879 bits per heavy atom. The molecule has 1 saturated heterocycles. The lowest BCUT2D eigenvalue weighted by atomic mass is 10.1. The van der Waals surface area contributed by atoms with Crippen molar-refractivity contribution in [2.45, 2.75) is 11.3 Å². The maximum atomic E-state index is 12.8. The summed E-state index contributed by atoms with van der Waals surface area (Å²) in [4.78, 5) is 26.3. The Labute approximate surface area is 197 Å². The second kappa shape index (κ2) is 9.91. The summed E-state index contributed by atoms with van der Waals surface area (Å²) in [6.45, 7) is 0.432. The smallest absolute Gasteiger partial charge is 0.310 e. The zero-order valence-corrected chi connectivity index (χ0v) is 19.4. The monoisotopic (exact) mass is 486 g/mol. The Kier molecular flexibility index (Phi) is 6.97. The van der Waals surface area contributed by atoms with E-state index in [-0.39, 0.29) is 50.0 Å². The van der Waals surface area contributed by atoms with Crippen molar-refractivity contribution >= 4 is 44.3 Å². The van der Waals surface area contributed by atoms with Gasteiger partial charge in [0.2, 0.25) is 10.0 Å². The fourth-order valence-corrected chi connectivity index (χ4v) is 5.28. The van der Waals surface area contributed by atoms with E-state index in [0.717, 1.165) is 16.3 Å². The summed E-state index contributed by atoms with van der Waals surface area (Å²) in [5.74, 6) is -0.826. The molecule has 1 fully saturated rings. The number of ether oxygens (including phenoxy) is 1. The average molecular weight is 487 g/mol. The molecule has 0 N–H and O–H groups in total. The summed E-state index contributed by atoms with van der Waals surface area (Å²) < 4.78 is 32.0. The van der Waals surface area contributed by atoms with Crippen LogP contribution in [0.2, 0.25) is 5.02 Å². The quantitative estimate of drug-likeness (QED) is 0.500. The molecule has 0 aliphatic carbocycles.